The number of aliphatic hydroxyl groups excluding tert-OH is 1. The van der Waals surface area contributed by atoms with Crippen LogP contribution in [-0.2, 0) is 9.47 Å². The third kappa shape index (κ3) is 5.03. The van der Waals surface area contributed by atoms with Gasteiger partial charge in [-0.25, -0.2) is 10.9 Å². The van der Waals surface area contributed by atoms with E-state index < -0.39 is 67.2 Å². The van der Waals surface area contributed by atoms with Crippen molar-refractivity contribution < 1.29 is 46.0 Å². The molecule has 4 bridgehead atoms. The molecule has 0 aromatic heterocycles. The van der Waals surface area contributed by atoms with Gasteiger partial charge in [0.05, 0.1) is 24.2 Å². The van der Waals surface area contributed by atoms with Crippen LogP contribution < -0.4 is 16.2 Å². The van der Waals surface area contributed by atoms with Crippen molar-refractivity contribution in [2.75, 3.05) is 0 Å². The van der Waals surface area contributed by atoms with Crippen LogP contribution in [0.25, 0.3) is 0 Å². The lowest BCUT2D eigenvalue weighted by atomic mass is 9.90. The predicted molar refractivity (Wildman–Crippen MR) is 90.4 cm³/mol. The minimum absolute atomic E-state index is 0.0156. The molecule has 0 saturated carbocycles. The van der Waals surface area contributed by atoms with Gasteiger partial charge in [0.15, 0.2) is 6.23 Å². The highest BCUT2D eigenvalue weighted by molar-refractivity contribution is 4.98. The van der Waals surface area contributed by atoms with Crippen molar-refractivity contribution in [2.45, 2.75) is 100 Å². The van der Waals surface area contributed by atoms with Gasteiger partial charge in [0, 0.05) is 0 Å². The van der Waals surface area contributed by atoms with Crippen LogP contribution in [0.3, 0.4) is 0 Å². The van der Waals surface area contributed by atoms with E-state index in [0.717, 1.165) is 0 Å². The lowest BCUT2D eigenvalue weighted by Crippen LogP contribution is -2.60. The van der Waals surface area contributed by atoms with Gasteiger partial charge < -0.3 is 19.7 Å². The smallest absolute Gasteiger partial charge is 0.393 e. The summed E-state index contributed by atoms with van der Waals surface area (Å²) < 4.78 is 92.2. The molecule has 0 amide bonds. The molecule has 3 fully saturated rings. The average molecular weight is 451 g/mol. The average Bonchev–Trinajstić information content (AvgIpc) is 3.12. The fraction of sp³-hybridized carbons (Fsp3) is 1.00. The van der Waals surface area contributed by atoms with Crippen molar-refractivity contribution in [2.24, 2.45) is 5.92 Å². The molecule has 30 heavy (non-hydrogen) atoms. The molecular formula is C17H27F6N3O4. The minimum Gasteiger partial charge on any atom is -0.393 e. The van der Waals surface area contributed by atoms with Gasteiger partial charge in [-0.2, -0.15) is 26.3 Å². The Bertz CT molecular complexity index is 595. The number of alkyl halides is 6. The summed E-state index contributed by atoms with van der Waals surface area (Å²) in [6.45, 7) is 1.55. The first-order valence-electron chi connectivity index (χ1n) is 9.93. The van der Waals surface area contributed by atoms with Crippen molar-refractivity contribution in [3.8, 4) is 0 Å². The number of piperidine rings is 1. The summed E-state index contributed by atoms with van der Waals surface area (Å²) >= 11 is 0. The summed E-state index contributed by atoms with van der Waals surface area (Å²) in [6.07, 6.45) is -17.2. The van der Waals surface area contributed by atoms with Gasteiger partial charge >= 0.3 is 12.4 Å². The van der Waals surface area contributed by atoms with Crippen LogP contribution in [0.1, 0.15) is 45.4 Å². The molecule has 13 heteroatoms. The van der Waals surface area contributed by atoms with E-state index >= 15 is 0 Å². The monoisotopic (exact) mass is 451 g/mol. The molecule has 0 aliphatic carbocycles. The summed E-state index contributed by atoms with van der Waals surface area (Å²) in [6, 6.07) is -0.774. The first-order valence-corrected chi connectivity index (χ1v) is 9.93. The Morgan fingerprint density at radius 2 is 1.60 bits per heavy atom. The highest BCUT2D eigenvalue weighted by atomic mass is 19.4. The number of halogens is 6. The molecule has 3 rings (SSSR count). The molecule has 176 valence electrons. The van der Waals surface area contributed by atoms with Crippen LogP contribution in [0.5, 0.6) is 0 Å². The van der Waals surface area contributed by atoms with Crippen LogP contribution >= 0.6 is 0 Å². The standard InChI is InChI=1S/C17H27F6N3O4/c1-8-2-3-9(27)6-7-15(28,17(21,22)23)14-26-25-13(30-14)11-5-4-10(16(18,19)20)12(24-11)29-8/h8-14,24-28H,2-7H2,1H3/t8-,9?,10?,11?,12?,13?,14?,15-/m1/s1. The Kier molecular flexibility index (Phi) is 6.93. The van der Waals surface area contributed by atoms with Gasteiger partial charge in [-0.1, -0.05) is 0 Å². The number of hydrogen-bond donors (Lipinski definition) is 5. The molecule has 5 N–H and O–H groups in total. The Morgan fingerprint density at radius 1 is 0.900 bits per heavy atom. The zero-order valence-corrected chi connectivity index (χ0v) is 16.3. The van der Waals surface area contributed by atoms with E-state index in [1.165, 1.54) is 0 Å². The maximum atomic E-state index is 13.6. The number of ether oxygens (including phenoxy) is 2. The van der Waals surface area contributed by atoms with Crippen LogP contribution in [0.4, 0.5) is 26.3 Å². The Balaban J connectivity index is 1.85. The van der Waals surface area contributed by atoms with E-state index in [4.69, 9.17) is 9.47 Å². The zero-order chi connectivity index (χ0) is 22.3. The maximum absolute atomic E-state index is 13.6. The molecule has 8 atom stereocenters. The topological polar surface area (TPSA) is 95.0 Å². The minimum atomic E-state index is -5.06. The molecule has 3 aliphatic rings. The number of fused-ring (bicyclic) bond motifs is 5. The second-order valence-corrected chi connectivity index (χ2v) is 8.28. The van der Waals surface area contributed by atoms with E-state index in [1.807, 2.05) is 0 Å². The van der Waals surface area contributed by atoms with Crippen molar-refractivity contribution in [3.05, 3.63) is 0 Å². The molecule has 3 heterocycles. The largest absolute Gasteiger partial charge is 0.421 e. The summed E-state index contributed by atoms with van der Waals surface area (Å²) in [7, 11) is 0. The summed E-state index contributed by atoms with van der Waals surface area (Å²) in [4.78, 5) is 0. The van der Waals surface area contributed by atoms with Crippen LogP contribution in [0, 0.1) is 5.92 Å². The second-order valence-electron chi connectivity index (χ2n) is 8.28. The normalized spacial score (nSPS) is 44.5. The third-order valence-electron chi connectivity index (χ3n) is 6.03. The van der Waals surface area contributed by atoms with Gasteiger partial charge in [0.25, 0.3) is 0 Å². The molecule has 6 unspecified atom stereocenters. The lowest BCUT2D eigenvalue weighted by Gasteiger charge is -2.41. The number of rotatable bonds is 0. The molecule has 0 radical (unpaired) electrons. The highest BCUT2D eigenvalue weighted by Crippen LogP contribution is 2.41. The number of aliphatic hydroxyl groups is 2. The SMILES string of the molecule is C[C@@H]1CCC(O)CC[C@](O)(C(F)(F)F)C2NNC(O2)C2CCC(C(F)(F)F)C(N2)O1. The third-order valence-corrected chi connectivity index (χ3v) is 6.03. The molecule has 0 aromatic rings. The molecular weight excluding hydrogens is 424 g/mol. The summed E-state index contributed by atoms with van der Waals surface area (Å²) in [5.41, 5.74) is 1.47. The molecule has 0 spiro atoms. The molecule has 3 aliphatic heterocycles. The van der Waals surface area contributed by atoms with Gasteiger partial charge in [-0.3, -0.25) is 5.32 Å². The van der Waals surface area contributed by atoms with Gasteiger partial charge in [-0.05, 0) is 45.4 Å². The van der Waals surface area contributed by atoms with E-state index in [9.17, 15) is 36.6 Å². The fourth-order valence-corrected chi connectivity index (χ4v) is 4.13. The second kappa shape index (κ2) is 8.68. The Hall–Kier alpha value is -0.700. The van der Waals surface area contributed by atoms with Crippen LogP contribution in [0.15, 0.2) is 0 Å². The summed E-state index contributed by atoms with van der Waals surface area (Å²) in [5.74, 6) is -1.79. The predicted octanol–water partition coefficient (Wildman–Crippen LogP) is 1.65. The van der Waals surface area contributed by atoms with Crippen LogP contribution in [0.2, 0.25) is 0 Å². The van der Waals surface area contributed by atoms with E-state index in [-0.39, 0.29) is 32.1 Å². The maximum Gasteiger partial charge on any atom is 0.421 e. The molecule has 3 saturated heterocycles. The number of hydrogen-bond acceptors (Lipinski definition) is 7. The van der Waals surface area contributed by atoms with Crippen molar-refractivity contribution in [1.29, 1.82) is 0 Å². The number of hydrazine groups is 1. The zero-order valence-electron chi connectivity index (χ0n) is 16.3. The van der Waals surface area contributed by atoms with Gasteiger partial charge in [0.1, 0.15) is 12.5 Å². The van der Waals surface area contributed by atoms with Crippen molar-refractivity contribution >= 4 is 0 Å². The number of nitrogens with one attached hydrogen (secondary N) is 3. The molecule has 0 aromatic carbocycles. The fourth-order valence-electron chi connectivity index (χ4n) is 4.13. The quantitative estimate of drug-likeness (QED) is 0.358. The van der Waals surface area contributed by atoms with E-state index in [2.05, 4.69) is 16.2 Å². The Morgan fingerprint density at radius 3 is 2.23 bits per heavy atom. The van der Waals surface area contributed by atoms with Gasteiger partial charge in [-0.15, -0.1) is 0 Å². The van der Waals surface area contributed by atoms with Gasteiger partial charge in [0.2, 0.25) is 5.60 Å². The van der Waals surface area contributed by atoms with Crippen molar-refractivity contribution in [1.82, 2.24) is 16.2 Å². The highest BCUT2D eigenvalue weighted by Gasteiger charge is 2.61. The van der Waals surface area contributed by atoms with E-state index in [1.54, 1.807) is 6.92 Å². The summed E-state index contributed by atoms with van der Waals surface area (Å²) in [5, 5.41) is 23.1. The lowest BCUT2D eigenvalue weighted by molar-refractivity contribution is -0.302. The van der Waals surface area contributed by atoms with E-state index in [0.29, 0.717) is 0 Å². The first-order chi connectivity index (χ1) is 13.8. The van der Waals surface area contributed by atoms with Crippen molar-refractivity contribution in [3.63, 3.8) is 0 Å². The molecule has 7 nitrogen and oxygen atoms in total. The van der Waals surface area contributed by atoms with Crippen LogP contribution in [-0.4, -0.2) is 65.1 Å². The first kappa shape index (κ1) is 24.0. The Labute approximate surface area is 169 Å².